The Hall–Kier alpha value is -0.780. The van der Waals surface area contributed by atoms with Crippen molar-refractivity contribution in [2.24, 2.45) is 0 Å². The van der Waals surface area contributed by atoms with Crippen molar-refractivity contribution in [3.8, 4) is 5.75 Å². The topological polar surface area (TPSA) is 52.3 Å². The number of halogens is 1. The fourth-order valence-electron chi connectivity index (χ4n) is 1.14. The maximum absolute atomic E-state index is 11.2. The third-order valence-corrected chi connectivity index (χ3v) is 2.63. The number of ether oxygens (including phenoxy) is 1. The van der Waals surface area contributed by atoms with Gasteiger partial charge in [0.05, 0.1) is 10.2 Å². The average molecular weight is 305 g/mol. The first kappa shape index (κ1) is 11.3. The van der Waals surface area contributed by atoms with Crippen LogP contribution in [0.1, 0.15) is 24.2 Å². The second-order valence-corrected chi connectivity index (χ2v) is 4.02. The molecule has 3 nitrogen and oxygen atoms in total. The molecule has 0 unspecified atom stereocenters. The van der Waals surface area contributed by atoms with Crippen molar-refractivity contribution in [2.75, 3.05) is 12.3 Å². The van der Waals surface area contributed by atoms with E-state index in [1.807, 2.05) is 6.92 Å². The van der Waals surface area contributed by atoms with Gasteiger partial charge in [-0.25, -0.2) is 0 Å². The highest BCUT2D eigenvalue weighted by Gasteiger charge is 2.09. The largest absolute Gasteiger partial charge is 0.493 e. The summed E-state index contributed by atoms with van der Waals surface area (Å²) in [6.45, 7) is 4.00. The van der Waals surface area contributed by atoms with Gasteiger partial charge in [0, 0.05) is 17.3 Å². The summed E-state index contributed by atoms with van der Waals surface area (Å²) in [7, 11) is 0. The molecule has 0 saturated carbocycles. The number of anilines is 1. The fourth-order valence-corrected chi connectivity index (χ4v) is 1.76. The highest BCUT2D eigenvalue weighted by molar-refractivity contribution is 14.1. The minimum absolute atomic E-state index is 0.0246. The molecule has 0 atom stereocenters. The number of carbonyl (C=O) groups is 1. The van der Waals surface area contributed by atoms with Crippen molar-refractivity contribution in [1.29, 1.82) is 0 Å². The highest BCUT2D eigenvalue weighted by atomic mass is 127. The first-order valence-corrected chi connectivity index (χ1v) is 5.37. The van der Waals surface area contributed by atoms with E-state index in [9.17, 15) is 4.79 Å². The molecule has 0 aliphatic carbocycles. The van der Waals surface area contributed by atoms with Crippen LogP contribution in [-0.2, 0) is 0 Å². The summed E-state index contributed by atoms with van der Waals surface area (Å²) in [4.78, 5) is 11.2. The maximum Gasteiger partial charge on any atom is 0.161 e. The highest BCUT2D eigenvalue weighted by Crippen LogP contribution is 2.27. The van der Waals surface area contributed by atoms with Gasteiger partial charge in [-0.2, -0.15) is 0 Å². The molecule has 0 aromatic heterocycles. The summed E-state index contributed by atoms with van der Waals surface area (Å²) in [5.41, 5.74) is 6.74. The second kappa shape index (κ2) is 4.63. The quantitative estimate of drug-likeness (QED) is 0.530. The van der Waals surface area contributed by atoms with E-state index >= 15 is 0 Å². The van der Waals surface area contributed by atoms with E-state index in [1.165, 1.54) is 6.92 Å². The summed E-state index contributed by atoms with van der Waals surface area (Å²) < 4.78 is 6.26. The summed E-state index contributed by atoms with van der Waals surface area (Å²) in [5, 5.41) is 0. The lowest BCUT2D eigenvalue weighted by Crippen LogP contribution is -2.02. The molecule has 1 aromatic carbocycles. The molecule has 0 aliphatic rings. The van der Waals surface area contributed by atoms with Crippen molar-refractivity contribution in [3.05, 3.63) is 21.3 Å². The molecule has 0 radical (unpaired) electrons. The van der Waals surface area contributed by atoms with Crippen molar-refractivity contribution in [3.63, 3.8) is 0 Å². The molecule has 1 aromatic rings. The molecule has 0 saturated heterocycles. The number of hydrogen-bond donors (Lipinski definition) is 1. The van der Waals surface area contributed by atoms with Crippen LogP contribution in [-0.4, -0.2) is 12.4 Å². The number of nitrogen functional groups attached to an aromatic ring is 1. The van der Waals surface area contributed by atoms with Gasteiger partial charge in [0.25, 0.3) is 0 Å². The van der Waals surface area contributed by atoms with Crippen LogP contribution in [0.25, 0.3) is 0 Å². The van der Waals surface area contributed by atoms with Gasteiger partial charge in [-0.05, 0) is 42.5 Å². The summed E-state index contributed by atoms with van der Waals surface area (Å²) in [6, 6.07) is 3.45. The fraction of sp³-hybridized carbons (Fsp3) is 0.300. The van der Waals surface area contributed by atoms with E-state index in [0.29, 0.717) is 17.9 Å². The van der Waals surface area contributed by atoms with E-state index in [4.69, 9.17) is 10.5 Å². The Morgan fingerprint density at radius 2 is 2.21 bits per heavy atom. The van der Waals surface area contributed by atoms with Crippen molar-refractivity contribution in [2.45, 2.75) is 13.8 Å². The minimum Gasteiger partial charge on any atom is -0.493 e. The monoisotopic (exact) mass is 305 g/mol. The molecule has 0 spiro atoms. The van der Waals surface area contributed by atoms with Gasteiger partial charge in [-0.15, -0.1) is 0 Å². The lowest BCUT2D eigenvalue weighted by atomic mass is 10.1. The normalized spacial score (nSPS) is 9.93. The maximum atomic E-state index is 11.2. The number of nitrogens with two attached hydrogens (primary N) is 1. The zero-order chi connectivity index (χ0) is 10.7. The first-order chi connectivity index (χ1) is 6.56. The van der Waals surface area contributed by atoms with Crippen LogP contribution in [0.2, 0.25) is 0 Å². The van der Waals surface area contributed by atoms with E-state index in [2.05, 4.69) is 22.6 Å². The zero-order valence-corrected chi connectivity index (χ0v) is 10.3. The molecule has 76 valence electrons. The lowest BCUT2D eigenvalue weighted by molar-refractivity contribution is 0.101. The van der Waals surface area contributed by atoms with Gasteiger partial charge in [-0.3, -0.25) is 4.79 Å². The molecule has 0 aliphatic heterocycles. The zero-order valence-electron chi connectivity index (χ0n) is 8.13. The number of hydrogen-bond acceptors (Lipinski definition) is 3. The van der Waals surface area contributed by atoms with Gasteiger partial charge in [0.1, 0.15) is 5.75 Å². The van der Waals surface area contributed by atoms with E-state index in [1.54, 1.807) is 12.1 Å². The van der Waals surface area contributed by atoms with Gasteiger partial charge < -0.3 is 10.5 Å². The van der Waals surface area contributed by atoms with Crippen LogP contribution >= 0.6 is 22.6 Å². The predicted octanol–water partition coefficient (Wildman–Crippen LogP) is 2.47. The molecular weight excluding hydrogens is 293 g/mol. The Morgan fingerprint density at radius 3 is 2.71 bits per heavy atom. The molecule has 4 heteroatoms. The van der Waals surface area contributed by atoms with Gasteiger partial charge >= 0.3 is 0 Å². The van der Waals surface area contributed by atoms with Crippen molar-refractivity contribution >= 4 is 34.1 Å². The smallest absolute Gasteiger partial charge is 0.161 e. The number of carbonyl (C=O) groups excluding carboxylic acids is 1. The number of benzene rings is 1. The van der Waals surface area contributed by atoms with Gasteiger partial charge in [-0.1, -0.05) is 0 Å². The molecule has 1 rings (SSSR count). The molecule has 14 heavy (non-hydrogen) atoms. The second-order valence-electron chi connectivity index (χ2n) is 2.86. The third-order valence-electron chi connectivity index (χ3n) is 1.78. The van der Waals surface area contributed by atoms with Crippen LogP contribution in [0.15, 0.2) is 12.1 Å². The Morgan fingerprint density at radius 1 is 1.57 bits per heavy atom. The standard InChI is InChI=1S/C10H12INO2/c1-3-14-10-5-9(12)7(6(2)13)4-8(10)11/h4-5H,3,12H2,1-2H3. The van der Waals surface area contributed by atoms with Crippen LogP contribution in [0, 0.1) is 3.57 Å². The van der Waals surface area contributed by atoms with Crippen LogP contribution in [0.3, 0.4) is 0 Å². The van der Waals surface area contributed by atoms with Crippen LogP contribution < -0.4 is 10.5 Å². The SMILES string of the molecule is CCOc1cc(N)c(C(C)=O)cc1I. The number of ketones is 1. The average Bonchev–Trinajstić information content (AvgIpc) is 2.10. The first-order valence-electron chi connectivity index (χ1n) is 4.29. The van der Waals surface area contributed by atoms with E-state index in [-0.39, 0.29) is 5.78 Å². The predicted molar refractivity (Wildman–Crippen MR) is 64.7 cm³/mol. The summed E-state index contributed by atoms with van der Waals surface area (Å²) in [5.74, 6) is 0.707. The number of rotatable bonds is 3. The number of Topliss-reactive ketones (excluding diaryl/α,β-unsaturated/α-hetero) is 1. The Bertz CT molecular complexity index is 363. The summed E-state index contributed by atoms with van der Waals surface area (Å²) in [6.07, 6.45) is 0. The van der Waals surface area contributed by atoms with E-state index in [0.717, 1.165) is 9.32 Å². The molecule has 0 amide bonds. The molecular formula is C10H12INO2. The molecule has 0 bridgehead atoms. The minimum atomic E-state index is -0.0246. The van der Waals surface area contributed by atoms with Gasteiger partial charge in [0.2, 0.25) is 0 Å². The van der Waals surface area contributed by atoms with Gasteiger partial charge in [0.15, 0.2) is 5.78 Å². The summed E-state index contributed by atoms with van der Waals surface area (Å²) >= 11 is 2.13. The Balaban J connectivity index is 3.17. The van der Waals surface area contributed by atoms with Crippen LogP contribution in [0.5, 0.6) is 5.75 Å². The van der Waals surface area contributed by atoms with Crippen LogP contribution in [0.4, 0.5) is 5.69 Å². The molecule has 0 heterocycles. The molecule has 2 N–H and O–H groups in total. The van der Waals surface area contributed by atoms with Crippen molar-refractivity contribution < 1.29 is 9.53 Å². The Labute approximate surface area is 96.8 Å². The Kier molecular flexibility index (Phi) is 3.74. The van der Waals surface area contributed by atoms with Crippen molar-refractivity contribution in [1.82, 2.24) is 0 Å². The van der Waals surface area contributed by atoms with E-state index < -0.39 is 0 Å². The molecule has 0 fully saturated rings. The lowest BCUT2D eigenvalue weighted by Gasteiger charge is -2.09. The third kappa shape index (κ3) is 2.37.